The van der Waals surface area contributed by atoms with Gasteiger partial charge in [-0.2, -0.15) is 0 Å². The average Bonchev–Trinajstić information content (AvgIpc) is 3.21. The summed E-state index contributed by atoms with van der Waals surface area (Å²) in [7, 11) is 3.18. The number of nitrogens with one attached hydrogen (secondary N) is 1. The summed E-state index contributed by atoms with van der Waals surface area (Å²) < 4.78 is 12.4. The fraction of sp³-hybridized carbons (Fsp3) is 0.136. The number of hydrogen-bond donors (Lipinski definition) is 1. The Morgan fingerprint density at radius 3 is 2.77 bits per heavy atom. The smallest absolute Gasteiger partial charge is 0.251 e. The summed E-state index contributed by atoms with van der Waals surface area (Å²) in [6.07, 6.45) is 3.33. The Hall–Kier alpha value is -3.58. The van der Waals surface area contributed by atoms with Crippen LogP contribution in [0.3, 0.4) is 0 Å². The molecule has 0 aliphatic heterocycles. The molecule has 2 aromatic carbocycles. The van der Waals surface area contributed by atoms with Crippen molar-refractivity contribution < 1.29 is 14.3 Å². The number of halogens is 1. The zero-order valence-corrected chi connectivity index (χ0v) is 17.2. The van der Waals surface area contributed by atoms with Crippen molar-refractivity contribution in [3.8, 4) is 17.2 Å². The van der Waals surface area contributed by atoms with E-state index in [4.69, 9.17) is 21.1 Å². The van der Waals surface area contributed by atoms with Gasteiger partial charge in [-0.15, -0.1) is 0 Å². The van der Waals surface area contributed by atoms with E-state index < -0.39 is 0 Å². The van der Waals surface area contributed by atoms with Crippen LogP contribution in [-0.2, 0) is 6.54 Å². The molecule has 0 aliphatic rings. The number of benzene rings is 2. The fourth-order valence-electron chi connectivity index (χ4n) is 3.16. The topological polar surface area (TPSA) is 78.3 Å². The lowest BCUT2D eigenvalue weighted by Gasteiger charge is -2.12. The second kappa shape index (κ2) is 8.42. The van der Waals surface area contributed by atoms with E-state index in [1.54, 1.807) is 61.6 Å². The molecule has 152 valence electrons. The highest BCUT2D eigenvalue weighted by molar-refractivity contribution is 6.32. The van der Waals surface area contributed by atoms with E-state index in [1.807, 2.05) is 18.2 Å². The Kier molecular flexibility index (Phi) is 5.54. The minimum Gasteiger partial charge on any atom is -0.497 e. The average molecular weight is 423 g/mol. The zero-order valence-electron chi connectivity index (χ0n) is 16.4. The van der Waals surface area contributed by atoms with E-state index in [-0.39, 0.29) is 12.5 Å². The molecule has 0 fully saturated rings. The minimum absolute atomic E-state index is 0.241. The third-order valence-corrected chi connectivity index (χ3v) is 5.02. The molecule has 0 aliphatic carbocycles. The SMILES string of the molecule is COc1ccc(OC)c(CNC(=O)c2ccc(Cl)c(-n3cnc4cccnc43)c2)c1. The third kappa shape index (κ3) is 3.79. The number of aromatic nitrogens is 3. The number of carbonyl (C=O) groups is 1. The van der Waals surface area contributed by atoms with Gasteiger partial charge in [0, 0.05) is 23.9 Å². The van der Waals surface area contributed by atoms with Crippen LogP contribution >= 0.6 is 11.6 Å². The van der Waals surface area contributed by atoms with Crippen LogP contribution in [0.1, 0.15) is 15.9 Å². The lowest BCUT2D eigenvalue weighted by molar-refractivity contribution is 0.0950. The van der Waals surface area contributed by atoms with Crippen molar-refractivity contribution in [1.29, 1.82) is 0 Å². The van der Waals surface area contributed by atoms with Gasteiger partial charge in [-0.25, -0.2) is 9.97 Å². The molecule has 2 aromatic heterocycles. The summed E-state index contributed by atoms with van der Waals surface area (Å²) in [5.41, 5.74) is 3.31. The van der Waals surface area contributed by atoms with Crippen LogP contribution in [0.5, 0.6) is 11.5 Å². The van der Waals surface area contributed by atoms with Gasteiger partial charge in [0.15, 0.2) is 5.65 Å². The molecular weight excluding hydrogens is 404 g/mol. The number of hydrogen-bond acceptors (Lipinski definition) is 5. The van der Waals surface area contributed by atoms with Gasteiger partial charge in [-0.1, -0.05) is 11.6 Å². The second-order valence-corrected chi connectivity index (χ2v) is 6.89. The van der Waals surface area contributed by atoms with E-state index in [2.05, 4.69) is 15.3 Å². The maximum Gasteiger partial charge on any atom is 0.251 e. The quantitative estimate of drug-likeness (QED) is 0.507. The van der Waals surface area contributed by atoms with Crippen molar-refractivity contribution in [2.45, 2.75) is 6.54 Å². The molecule has 4 rings (SSSR count). The summed E-state index contributed by atoms with van der Waals surface area (Å²) >= 11 is 6.40. The molecule has 0 bridgehead atoms. The number of amides is 1. The first-order chi connectivity index (χ1) is 14.6. The van der Waals surface area contributed by atoms with Gasteiger partial charge in [0.05, 0.1) is 24.9 Å². The zero-order chi connectivity index (χ0) is 21.1. The molecule has 2 heterocycles. The lowest BCUT2D eigenvalue weighted by atomic mass is 10.1. The van der Waals surface area contributed by atoms with Gasteiger partial charge in [-0.05, 0) is 48.5 Å². The molecule has 1 N–H and O–H groups in total. The van der Waals surface area contributed by atoms with Crippen molar-refractivity contribution in [3.63, 3.8) is 0 Å². The van der Waals surface area contributed by atoms with Gasteiger partial charge in [0.1, 0.15) is 23.3 Å². The van der Waals surface area contributed by atoms with Crippen molar-refractivity contribution in [2.75, 3.05) is 14.2 Å². The van der Waals surface area contributed by atoms with Crippen LogP contribution < -0.4 is 14.8 Å². The summed E-state index contributed by atoms with van der Waals surface area (Å²) in [6.45, 7) is 0.284. The van der Waals surface area contributed by atoms with Gasteiger partial charge < -0.3 is 14.8 Å². The molecule has 0 saturated heterocycles. The molecule has 0 spiro atoms. The minimum atomic E-state index is -0.241. The number of ether oxygens (including phenoxy) is 2. The molecule has 8 heteroatoms. The monoisotopic (exact) mass is 422 g/mol. The van der Waals surface area contributed by atoms with Crippen LogP contribution in [0.25, 0.3) is 16.9 Å². The fourth-order valence-corrected chi connectivity index (χ4v) is 3.37. The highest BCUT2D eigenvalue weighted by atomic mass is 35.5. The molecule has 7 nitrogen and oxygen atoms in total. The predicted octanol–water partition coefficient (Wildman–Crippen LogP) is 4.02. The molecule has 4 aromatic rings. The van der Waals surface area contributed by atoms with Crippen LogP contribution in [0.4, 0.5) is 0 Å². The number of carbonyl (C=O) groups excluding carboxylic acids is 1. The third-order valence-electron chi connectivity index (χ3n) is 4.70. The number of methoxy groups -OCH3 is 2. The highest BCUT2D eigenvalue weighted by Crippen LogP contribution is 2.26. The van der Waals surface area contributed by atoms with Crippen LogP contribution in [0.15, 0.2) is 61.1 Å². The number of pyridine rings is 1. The predicted molar refractivity (Wildman–Crippen MR) is 115 cm³/mol. The Bertz CT molecular complexity index is 1220. The van der Waals surface area contributed by atoms with Crippen LogP contribution in [0, 0.1) is 0 Å². The van der Waals surface area contributed by atoms with Gasteiger partial charge >= 0.3 is 0 Å². The number of fused-ring (bicyclic) bond motifs is 1. The Morgan fingerprint density at radius 1 is 1.10 bits per heavy atom. The van der Waals surface area contributed by atoms with E-state index in [9.17, 15) is 4.79 Å². The van der Waals surface area contributed by atoms with Crippen molar-refractivity contribution >= 4 is 28.7 Å². The Morgan fingerprint density at radius 2 is 1.97 bits per heavy atom. The van der Waals surface area contributed by atoms with Gasteiger partial charge in [0.25, 0.3) is 5.91 Å². The molecule has 0 atom stereocenters. The maximum absolute atomic E-state index is 12.8. The van der Waals surface area contributed by atoms with Crippen LogP contribution in [0.2, 0.25) is 5.02 Å². The number of imidazole rings is 1. The largest absolute Gasteiger partial charge is 0.497 e. The van der Waals surface area contributed by atoms with Crippen LogP contribution in [-0.4, -0.2) is 34.7 Å². The van der Waals surface area contributed by atoms with Gasteiger partial charge in [0.2, 0.25) is 0 Å². The second-order valence-electron chi connectivity index (χ2n) is 6.49. The standard InChI is InChI=1S/C22H19ClN4O3/c1-29-16-6-8-20(30-2)15(10-16)12-25-22(28)14-5-7-17(23)19(11-14)27-13-26-18-4-3-9-24-21(18)27/h3-11,13H,12H2,1-2H3,(H,25,28). The molecular formula is C22H19ClN4O3. The Balaban J connectivity index is 1.59. The van der Waals surface area contributed by atoms with Gasteiger partial charge in [-0.3, -0.25) is 9.36 Å². The molecule has 0 radical (unpaired) electrons. The normalized spacial score (nSPS) is 10.8. The molecule has 0 saturated carbocycles. The molecule has 1 amide bonds. The first kappa shape index (κ1) is 19.7. The summed E-state index contributed by atoms with van der Waals surface area (Å²) in [5, 5.41) is 3.40. The number of nitrogens with zero attached hydrogens (tertiary/aromatic N) is 3. The van der Waals surface area contributed by atoms with Crippen molar-refractivity contribution in [1.82, 2.24) is 19.9 Å². The molecule has 30 heavy (non-hydrogen) atoms. The van der Waals surface area contributed by atoms with E-state index in [0.29, 0.717) is 33.4 Å². The highest BCUT2D eigenvalue weighted by Gasteiger charge is 2.14. The van der Waals surface area contributed by atoms with E-state index >= 15 is 0 Å². The first-order valence-electron chi connectivity index (χ1n) is 9.18. The summed E-state index contributed by atoms with van der Waals surface area (Å²) in [6, 6.07) is 14.2. The lowest BCUT2D eigenvalue weighted by Crippen LogP contribution is -2.23. The first-order valence-corrected chi connectivity index (χ1v) is 9.55. The van der Waals surface area contributed by atoms with E-state index in [0.717, 1.165) is 11.1 Å². The van der Waals surface area contributed by atoms with E-state index in [1.165, 1.54) is 0 Å². The van der Waals surface area contributed by atoms with Crippen molar-refractivity contribution in [3.05, 3.63) is 77.2 Å². The van der Waals surface area contributed by atoms with Crippen molar-refractivity contribution in [2.24, 2.45) is 0 Å². The maximum atomic E-state index is 12.8. The Labute approximate surface area is 178 Å². The summed E-state index contributed by atoms with van der Waals surface area (Å²) in [5.74, 6) is 1.12. The summed E-state index contributed by atoms with van der Waals surface area (Å²) in [4.78, 5) is 21.5. The molecule has 0 unspecified atom stereocenters. The number of rotatable bonds is 6.